The average molecular weight is 241 g/mol. The second-order valence-electron chi connectivity index (χ2n) is 3.53. The first-order chi connectivity index (χ1) is 8.09. The van der Waals surface area contributed by atoms with Gasteiger partial charge in [0.25, 0.3) is 0 Å². The van der Waals surface area contributed by atoms with E-state index in [1.807, 2.05) is 0 Å². The van der Waals surface area contributed by atoms with Crippen LogP contribution in [-0.4, -0.2) is 9.55 Å². The number of nitrogens with zero attached hydrogens (tertiary/aromatic N) is 2. The molecule has 0 fully saturated rings. The molecule has 6 heteroatoms. The lowest BCUT2D eigenvalue weighted by Gasteiger charge is -2.08. The molecule has 0 radical (unpaired) electrons. The highest BCUT2D eigenvalue weighted by atomic mass is 19.2. The van der Waals surface area contributed by atoms with Gasteiger partial charge < -0.3 is 9.88 Å². The van der Waals surface area contributed by atoms with Crippen LogP contribution in [0.1, 0.15) is 5.82 Å². The average Bonchev–Trinajstić information content (AvgIpc) is 2.71. The van der Waals surface area contributed by atoms with Gasteiger partial charge in [0, 0.05) is 19.4 Å². The molecular weight excluding hydrogens is 231 g/mol. The largest absolute Gasteiger partial charge is 0.375 e. The van der Waals surface area contributed by atoms with Crippen LogP contribution < -0.4 is 5.32 Å². The van der Waals surface area contributed by atoms with Gasteiger partial charge in [-0.25, -0.2) is 18.2 Å². The Hall–Kier alpha value is -1.98. The maximum Gasteiger partial charge on any atom is 0.196 e. The van der Waals surface area contributed by atoms with Crippen molar-refractivity contribution in [2.75, 3.05) is 5.32 Å². The summed E-state index contributed by atoms with van der Waals surface area (Å²) < 4.78 is 40.6. The van der Waals surface area contributed by atoms with Crippen molar-refractivity contribution in [1.82, 2.24) is 9.55 Å². The van der Waals surface area contributed by atoms with Crippen LogP contribution >= 0.6 is 0 Å². The fraction of sp³-hybridized carbons (Fsp3) is 0.182. The van der Waals surface area contributed by atoms with Crippen LogP contribution in [0.25, 0.3) is 0 Å². The van der Waals surface area contributed by atoms with Crippen molar-refractivity contribution < 1.29 is 13.2 Å². The molecule has 0 unspecified atom stereocenters. The van der Waals surface area contributed by atoms with E-state index in [1.165, 1.54) is 0 Å². The Bertz CT molecular complexity index is 537. The van der Waals surface area contributed by atoms with E-state index in [9.17, 15) is 13.2 Å². The van der Waals surface area contributed by atoms with Crippen LogP contribution in [0.4, 0.5) is 18.9 Å². The van der Waals surface area contributed by atoms with Crippen molar-refractivity contribution in [2.24, 2.45) is 7.05 Å². The van der Waals surface area contributed by atoms with E-state index in [2.05, 4.69) is 10.3 Å². The van der Waals surface area contributed by atoms with E-state index in [1.54, 1.807) is 24.0 Å². The van der Waals surface area contributed by atoms with E-state index in [0.29, 0.717) is 5.82 Å². The first kappa shape index (κ1) is 11.5. The van der Waals surface area contributed by atoms with Gasteiger partial charge in [0.15, 0.2) is 17.5 Å². The number of nitrogens with one attached hydrogen (secondary N) is 1. The van der Waals surface area contributed by atoms with Gasteiger partial charge in [-0.2, -0.15) is 0 Å². The van der Waals surface area contributed by atoms with Gasteiger partial charge in [-0.3, -0.25) is 0 Å². The molecule has 0 saturated heterocycles. The molecule has 90 valence electrons. The SMILES string of the molecule is Cn1ccnc1CNc1ccc(F)c(F)c1F. The van der Waals surface area contributed by atoms with Gasteiger partial charge in [-0.1, -0.05) is 0 Å². The Labute approximate surface area is 95.9 Å². The van der Waals surface area contributed by atoms with Crippen molar-refractivity contribution in [3.63, 3.8) is 0 Å². The maximum absolute atomic E-state index is 13.3. The minimum atomic E-state index is -1.48. The summed E-state index contributed by atoms with van der Waals surface area (Å²) in [6.07, 6.45) is 3.33. The van der Waals surface area contributed by atoms with Crippen molar-refractivity contribution in [3.05, 3.63) is 47.8 Å². The molecule has 1 aromatic carbocycles. The number of aromatic nitrogens is 2. The van der Waals surface area contributed by atoms with Crippen molar-refractivity contribution >= 4 is 5.69 Å². The quantitative estimate of drug-likeness (QED) is 0.836. The first-order valence-electron chi connectivity index (χ1n) is 4.93. The van der Waals surface area contributed by atoms with Crippen LogP contribution in [0.2, 0.25) is 0 Å². The summed E-state index contributed by atoms with van der Waals surface area (Å²) in [5, 5.41) is 2.66. The molecule has 2 aromatic rings. The molecule has 17 heavy (non-hydrogen) atoms. The van der Waals surface area contributed by atoms with Crippen molar-refractivity contribution in [1.29, 1.82) is 0 Å². The van der Waals surface area contributed by atoms with Gasteiger partial charge in [-0.05, 0) is 12.1 Å². The summed E-state index contributed by atoms with van der Waals surface area (Å²) >= 11 is 0. The second kappa shape index (κ2) is 4.48. The van der Waals surface area contributed by atoms with Gasteiger partial charge in [0.05, 0.1) is 12.2 Å². The Morgan fingerprint density at radius 3 is 2.65 bits per heavy atom. The predicted molar refractivity (Wildman–Crippen MR) is 56.9 cm³/mol. The van der Waals surface area contributed by atoms with Crippen LogP contribution in [-0.2, 0) is 13.6 Å². The molecule has 1 heterocycles. The number of anilines is 1. The Morgan fingerprint density at radius 2 is 2.00 bits per heavy atom. The van der Waals surface area contributed by atoms with Crippen LogP contribution in [0.5, 0.6) is 0 Å². The molecular formula is C11H10F3N3. The fourth-order valence-corrected chi connectivity index (χ4v) is 1.40. The normalized spacial score (nSPS) is 10.6. The van der Waals surface area contributed by atoms with Crippen LogP contribution in [0, 0.1) is 17.5 Å². The lowest BCUT2D eigenvalue weighted by molar-refractivity contribution is 0.449. The number of rotatable bonds is 3. The minimum Gasteiger partial charge on any atom is -0.375 e. The maximum atomic E-state index is 13.3. The molecule has 0 spiro atoms. The molecule has 0 atom stereocenters. The topological polar surface area (TPSA) is 29.9 Å². The third-order valence-electron chi connectivity index (χ3n) is 2.39. The number of imidazole rings is 1. The number of halogens is 3. The van der Waals surface area contributed by atoms with Crippen LogP contribution in [0.15, 0.2) is 24.5 Å². The third kappa shape index (κ3) is 2.25. The first-order valence-corrected chi connectivity index (χ1v) is 4.93. The second-order valence-corrected chi connectivity index (χ2v) is 3.53. The molecule has 1 N–H and O–H groups in total. The molecule has 0 aliphatic carbocycles. The Morgan fingerprint density at radius 1 is 1.24 bits per heavy atom. The van der Waals surface area contributed by atoms with E-state index in [4.69, 9.17) is 0 Å². The van der Waals surface area contributed by atoms with Crippen molar-refractivity contribution in [3.8, 4) is 0 Å². The predicted octanol–water partition coefficient (Wildman–Crippen LogP) is 2.45. The zero-order valence-corrected chi connectivity index (χ0v) is 9.04. The summed E-state index contributed by atoms with van der Waals surface area (Å²) in [5.74, 6) is -3.24. The number of hydrogen-bond donors (Lipinski definition) is 1. The van der Waals surface area contributed by atoms with Gasteiger partial charge in [0.2, 0.25) is 0 Å². The molecule has 0 bridgehead atoms. The van der Waals surface area contributed by atoms with E-state index >= 15 is 0 Å². The van der Waals surface area contributed by atoms with Gasteiger partial charge >= 0.3 is 0 Å². The minimum absolute atomic E-state index is 0.0908. The molecule has 1 aromatic heterocycles. The smallest absolute Gasteiger partial charge is 0.196 e. The summed E-state index contributed by atoms with van der Waals surface area (Å²) in [7, 11) is 1.78. The van der Waals surface area contributed by atoms with E-state index in [0.717, 1.165) is 12.1 Å². The van der Waals surface area contributed by atoms with E-state index in [-0.39, 0.29) is 12.2 Å². The third-order valence-corrected chi connectivity index (χ3v) is 2.39. The monoisotopic (exact) mass is 241 g/mol. The summed E-state index contributed by atoms with van der Waals surface area (Å²) in [6, 6.07) is 2.02. The highest BCUT2D eigenvalue weighted by Gasteiger charge is 2.13. The van der Waals surface area contributed by atoms with Crippen LogP contribution in [0.3, 0.4) is 0 Å². The summed E-state index contributed by atoms with van der Waals surface area (Å²) in [6.45, 7) is 0.228. The lowest BCUT2D eigenvalue weighted by atomic mass is 10.3. The number of hydrogen-bond acceptors (Lipinski definition) is 2. The Balaban J connectivity index is 2.15. The summed E-state index contributed by atoms with van der Waals surface area (Å²) in [5.41, 5.74) is -0.0908. The standard InChI is InChI=1S/C11H10F3N3/c1-17-5-4-15-9(17)6-16-8-3-2-7(12)10(13)11(8)14/h2-5,16H,6H2,1H3. The van der Waals surface area contributed by atoms with Gasteiger partial charge in [0.1, 0.15) is 5.82 Å². The highest BCUT2D eigenvalue weighted by Crippen LogP contribution is 2.19. The summed E-state index contributed by atoms with van der Waals surface area (Å²) in [4.78, 5) is 4.01. The zero-order valence-electron chi connectivity index (χ0n) is 9.04. The molecule has 0 amide bonds. The molecule has 0 saturated carbocycles. The molecule has 0 aliphatic heterocycles. The van der Waals surface area contributed by atoms with Gasteiger partial charge in [-0.15, -0.1) is 0 Å². The highest BCUT2D eigenvalue weighted by molar-refractivity contribution is 5.45. The molecule has 0 aliphatic rings. The number of aryl methyl sites for hydroxylation is 1. The molecule has 2 rings (SSSR count). The zero-order chi connectivity index (χ0) is 12.4. The number of benzene rings is 1. The fourth-order valence-electron chi connectivity index (χ4n) is 1.40. The molecule has 3 nitrogen and oxygen atoms in total. The Kier molecular flexibility index (Phi) is 3.03. The lowest BCUT2D eigenvalue weighted by Crippen LogP contribution is -2.08. The van der Waals surface area contributed by atoms with E-state index < -0.39 is 17.5 Å². The van der Waals surface area contributed by atoms with Crippen molar-refractivity contribution in [2.45, 2.75) is 6.54 Å².